The molecule has 0 saturated carbocycles. The lowest BCUT2D eigenvalue weighted by Crippen LogP contribution is -2.21. The first-order valence-corrected chi connectivity index (χ1v) is 5.95. The highest BCUT2D eigenvalue weighted by Crippen LogP contribution is 2.16. The predicted octanol–water partition coefficient (Wildman–Crippen LogP) is 3.20. The molecule has 0 amide bonds. The lowest BCUT2D eigenvalue weighted by molar-refractivity contribution is -0.131. The second kappa shape index (κ2) is 7.61. The molecule has 0 aliphatic heterocycles. The van der Waals surface area contributed by atoms with E-state index < -0.39 is 0 Å². The van der Waals surface area contributed by atoms with Gasteiger partial charge in [-0.2, -0.15) is 0 Å². The SMILES string of the molecule is [CH2]CC(CC)C(=O)CC(=O)C(CC)CC. The van der Waals surface area contributed by atoms with Crippen LogP contribution in [-0.4, -0.2) is 11.6 Å². The molecule has 0 rings (SSSR count). The molecule has 0 heterocycles. The van der Waals surface area contributed by atoms with E-state index in [-0.39, 0.29) is 29.8 Å². The molecule has 0 aliphatic rings. The van der Waals surface area contributed by atoms with Crippen molar-refractivity contribution >= 4 is 11.6 Å². The Hall–Kier alpha value is -0.660. The molecule has 0 saturated heterocycles. The first-order chi connectivity index (χ1) is 7.10. The average molecular weight is 211 g/mol. The van der Waals surface area contributed by atoms with Crippen molar-refractivity contribution in [3.8, 4) is 0 Å². The zero-order chi connectivity index (χ0) is 11.8. The summed E-state index contributed by atoms with van der Waals surface area (Å²) in [6, 6.07) is 0. The Bertz CT molecular complexity index is 179. The van der Waals surface area contributed by atoms with Crippen LogP contribution in [-0.2, 0) is 9.59 Å². The molecule has 0 bridgehead atoms. The van der Waals surface area contributed by atoms with E-state index in [9.17, 15) is 9.59 Å². The van der Waals surface area contributed by atoms with Gasteiger partial charge in [0.1, 0.15) is 11.6 Å². The lowest BCUT2D eigenvalue weighted by atomic mass is 9.89. The van der Waals surface area contributed by atoms with Crippen molar-refractivity contribution in [1.82, 2.24) is 0 Å². The van der Waals surface area contributed by atoms with Gasteiger partial charge >= 0.3 is 0 Å². The normalized spacial score (nSPS) is 11.1. The molecule has 1 radical (unpaired) electrons. The first kappa shape index (κ1) is 14.3. The van der Waals surface area contributed by atoms with E-state index in [0.717, 1.165) is 19.3 Å². The highest BCUT2D eigenvalue weighted by molar-refractivity contribution is 6.01. The number of hydrogen-bond acceptors (Lipinski definition) is 2. The van der Waals surface area contributed by atoms with Gasteiger partial charge in [0.25, 0.3) is 0 Å². The molecule has 0 aromatic carbocycles. The minimum Gasteiger partial charge on any atom is -0.299 e. The average Bonchev–Trinajstić information content (AvgIpc) is 2.21. The molecule has 1 atom stereocenters. The van der Waals surface area contributed by atoms with Crippen LogP contribution in [0, 0.1) is 18.8 Å². The molecular formula is C13H23O2. The van der Waals surface area contributed by atoms with Crippen molar-refractivity contribution in [2.24, 2.45) is 11.8 Å². The molecule has 1 unspecified atom stereocenters. The van der Waals surface area contributed by atoms with Crippen LogP contribution in [0.2, 0.25) is 0 Å². The zero-order valence-corrected chi connectivity index (χ0v) is 10.2. The van der Waals surface area contributed by atoms with Crippen LogP contribution >= 0.6 is 0 Å². The fourth-order valence-corrected chi connectivity index (χ4v) is 1.80. The minimum atomic E-state index is -0.0247. The Morgan fingerprint density at radius 2 is 1.33 bits per heavy atom. The topological polar surface area (TPSA) is 34.1 Å². The quantitative estimate of drug-likeness (QED) is 0.578. The van der Waals surface area contributed by atoms with Gasteiger partial charge in [-0.3, -0.25) is 9.59 Å². The molecule has 0 spiro atoms. The number of carbonyl (C=O) groups excluding carboxylic acids is 2. The molecule has 2 nitrogen and oxygen atoms in total. The number of hydrogen-bond donors (Lipinski definition) is 0. The van der Waals surface area contributed by atoms with E-state index >= 15 is 0 Å². The lowest BCUT2D eigenvalue weighted by Gasteiger charge is -2.13. The van der Waals surface area contributed by atoms with Gasteiger partial charge < -0.3 is 0 Å². The standard InChI is InChI=1S/C13H23O2/c1-5-10(6-2)12(14)9-13(15)11(7-3)8-4/h10-11H,1,5-9H2,2-4H3. The van der Waals surface area contributed by atoms with Crippen molar-refractivity contribution in [3.05, 3.63) is 6.92 Å². The van der Waals surface area contributed by atoms with Crippen molar-refractivity contribution in [2.45, 2.75) is 52.9 Å². The van der Waals surface area contributed by atoms with Gasteiger partial charge in [-0.15, -0.1) is 0 Å². The van der Waals surface area contributed by atoms with Crippen LogP contribution in [0.4, 0.5) is 0 Å². The van der Waals surface area contributed by atoms with Crippen LogP contribution in [0.15, 0.2) is 0 Å². The summed E-state index contributed by atoms with van der Waals surface area (Å²) >= 11 is 0. The van der Waals surface area contributed by atoms with Gasteiger partial charge in [0.2, 0.25) is 0 Å². The molecule has 87 valence electrons. The Kier molecular flexibility index (Phi) is 7.27. The predicted molar refractivity (Wildman–Crippen MR) is 62.5 cm³/mol. The summed E-state index contributed by atoms with van der Waals surface area (Å²) in [6.07, 6.45) is 3.18. The third kappa shape index (κ3) is 4.59. The van der Waals surface area contributed by atoms with E-state index in [0.29, 0.717) is 6.42 Å². The molecule has 15 heavy (non-hydrogen) atoms. The van der Waals surface area contributed by atoms with E-state index in [1.54, 1.807) is 0 Å². The smallest absolute Gasteiger partial charge is 0.143 e. The Labute approximate surface area is 93.4 Å². The summed E-state index contributed by atoms with van der Waals surface area (Å²) in [4.78, 5) is 23.4. The van der Waals surface area contributed by atoms with Gasteiger partial charge in [-0.05, 0) is 25.7 Å². The molecule has 0 fully saturated rings. The first-order valence-electron chi connectivity index (χ1n) is 5.95. The molecule has 0 aromatic rings. The van der Waals surface area contributed by atoms with Crippen LogP contribution < -0.4 is 0 Å². The summed E-state index contributed by atoms with van der Waals surface area (Å²) in [5.74, 6) is 0.223. The van der Waals surface area contributed by atoms with Gasteiger partial charge in [0.05, 0.1) is 6.42 Å². The third-order valence-electron chi connectivity index (χ3n) is 3.09. The maximum Gasteiger partial charge on any atom is 0.143 e. The van der Waals surface area contributed by atoms with Crippen molar-refractivity contribution in [2.75, 3.05) is 0 Å². The molecular weight excluding hydrogens is 188 g/mol. The molecule has 2 heteroatoms. The number of ketones is 2. The number of Topliss-reactive ketones (excluding diaryl/α,β-unsaturated/α-hetero) is 2. The van der Waals surface area contributed by atoms with Crippen LogP contribution in [0.1, 0.15) is 52.9 Å². The summed E-state index contributed by atoms with van der Waals surface area (Å²) < 4.78 is 0. The van der Waals surface area contributed by atoms with Gasteiger partial charge in [0.15, 0.2) is 0 Å². The number of carbonyl (C=O) groups is 2. The highest BCUT2D eigenvalue weighted by atomic mass is 16.1. The van der Waals surface area contributed by atoms with Gasteiger partial charge in [0, 0.05) is 11.8 Å². The second-order valence-electron chi connectivity index (χ2n) is 4.02. The summed E-state index contributed by atoms with van der Waals surface area (Å²) in [5, 5.41) is 0. The van der Waals surface area contributed by atoms with Crippen LogP contribution in [0.25, 0.3) is 0 Å². The maximum absolute atomic E-state index is 11.7. The van der Waals surface area contributed by atoms with E-state index in [4.69, 9.17) is 0 Å². The fraction of sp³-hybridized carbons (Fsp3) is 0.769. The Morgan fingerprint density at radius 3 is 1.67 bits per heavy atom. The van der Waals surface area contributed by atoms with Gasteiger partial charge in [-0.1, -0.05) is 27.7 Å². The monoisotopic (exact) mass is 211 g/mol. The molecule has 0 N–H and O–H groups in total. The zero-order valence-electron chi connectivity index (χ0n) is 10.2. The maximum atomic E-state index is 11.7. The number of rotatable bonds is 8. The summed E-state index contributed by atoms with van der Waals surface area (Å²) in [7, 11) is 0. The van der Waals surface area contributed by atoms with E-state index in [1.807, 2.05) is 20.8 Å². The Balaban J connectivity index is 4.21. The Morgan fingerprint density at radius 1 is 0.933 bits per heavy atom. The summed E-state index contributed by atoms with van der Waals surface area (Å²) in [5.41, 5.74) is 0. The van der Waals surface area contributed by atoms with Crippen molar-refractivity contribution < 1.29 is 9.59 Å². The van der Waals surface area contributed by atoms with E-state index in [1.165, 1.54) is 0 Å². The summed E-state index contributed by atoms with van der Waals surface area (Å²) in [6.45, 7) is 9.70. The largest absolute Gasteiger partial charge is 0.299 e. The second-order valence-corrected chi connectivity index (χ2v) is 4.02. The van der Waals surface area contributed by atoms with Crippen LogP contribution in [0.5, 0.6) is 0 Å². The minimum absolute atomic E-state index is 0.0247. The highest BCUT2D eigenvalue weighted by Gasteiger charge is 2.21. The van der Waals surface area contributed by atoms with E-state index in [2.05, 4.69) is 6.92 Å². The van der Waals surface area contributed by atoms with Crippen LogP contribution in [0.3, 0.4) is 0 Å². The molecule has 0 aromatic heterocycles. The van der Waals surface area contributed by atoms with Crippen molar-refractivity contribution in [3.63, 3.8) is 0 Å². The van der Waals surface area contributed by atoms with Crippen molar-refractivity contribution in [1.29, 1.82) is 0 Å². The van der Waals surface area contributed by atoms with Gasteiger partial charge in [-0.25, -0.2) is 0 Å². The fourth-order valence-electron chi connectivity index (χ4n) is 1.80. The third-order valence-corrected chi connectivity index (χ3v) is 3.09. The molecule has 0 aliphatic carbocycles.